The summed E-state index contributed by atoms with van der Waals surface area (Å²) in [6, 6.07) is 7.65. The fraction of sp³-hybridized carbons (Fsp3) is 0.333. The van der Waals surface area contributed by atoms with Gasteiger partial charge in [0.2, 0.25) is 11.8 Å². The van der Waals surface area contributed by atoms with Crippen molar-refractivity contribution in [2.75, 3.05) is 24.6 Å². The Kier molecular flexibility index (Phi) is 5.83. The number of hydrogen-bond acceptors (Lipinski definition) is 6. The van der Waals surface area contributed by atoms with Gasteiger partial charge in [-0.25, -0.2) is 4.98 Å². The zero-order chi connectivity index (χ0) is 23.8. The van der Waals surface area contributed by atoms with Crippen LogP contribution in [0.5, 0.6) is 11.6 Å². The summed E-state index contributed by atoms with van der Waals surface area (Å²) < 4.78 is 46.8. The molecular formula is C21H19F3N4O5. The molecule has 2 aliphatic rings. The van der Waals surface area contributed by atoms with Crippen molar-refractivity contribution in [1.82, 2.24) is 9.88 Å². The van der Waals surface area contributed by atoms with Crippen molar-refractivity contribution in [3.63, 3.8) is 0 Å². The number of aromatic nitrogens is 1. The quantitative estimate of drug-likeness (QED) is 0.667. The number of pyridine rings is 1. The van der Waals surface area contributed by atoms with Gasteiger partial charge in [-0.05, 0) is 23.8 Å². The standard InChI is InChI=1S/C21H19F3N4O5/c22-21(23,24)11-32-18-4-3-14(8-26-18)33-16-5-6-28(20(16)31)13-2-1-12-9-27(10-17(25)29)19(30)15(12)7-13/h1-4,7-8,16H,5-6,9-11H2,(H2,25,29)/t16-/m1/s1. The molecule has 1 saturated heterocycles. The molecule has 1 aromatic carbocycles. The fourth-order valence-electron chi connectivity index (χ4n) is 3.69. The zero-order valence-corrected chi connectivity index (χ0v) is 17.2. The summed E-state index contributed by atoms with van der Waals surface area (Å²) in [7, 11) is 0. The molecule has 0 saturated carbocycles. The summed E-state index contributed by atoms with van der Waals surface area (Å²) in [6.07, 6.45) is -3.74. The largest absolute Gasteiger partial charge is 0.479 e. The van der Waals surface area contributed by atoms with E-state index in [1.165, 1.54) is 28.1 Å². The molecule has 1 atom stereocenters. The SMILES string of the molecule is NC(=O)CN1Cc2ccc(N3CC[C@@H](Oc4ccc(OCC(F)(F)F)nc4)C3=O)cc2C1=O. The van der Waals surface area contributed by atoms with Crippen LogP contribution in [0.1, 0.15) is 22.3 Å². The van der Waals surface area contributed by atoms with Crippen LogP contribution < -0.4 is 20.1 Å². The van der Waals surface area contributed by atoms with E-state index in [2.05, 4.69) is 9.72 Å². The maximum Gasteiger partial charge on any atom is 0.422 e. The summed E-state index contributed by atoms with van der Waals surface area (Å²) >= 11 is 0. The van der Waals surface area contributed by atoms with Crippen molar-refractivity contribution in [1.29, 1.82) is 0 Å². The van der Waals surface area contributed by atoms with E-state index in [9.17, 15) is 27.6 Å². The minimum atomic E-state index is -4.47. The molecule has 0 unspecified atom stereocenters. The van der Waals surface area contributed by atoms with Gasteiger partial charge >= 0.3 is 6.18 Å². The molecule has 4 rings (SSSR count). The van der Waals surface area contributed by atoms with Gasteiger partial charge in [-0.2, -0.15) is 13.2 Å². The summed E-state index contributed by atoms with van der Waals surface area (Å²) in [4.78, 5) is 43.1. The van der Waals surface area contributed by atoms with E-state index >= 15 is 0 Å². The number of nitrogens with zero attached hydrogens (tertiary/aromatic N) is 3. The Morgan fingerprint density at radius 3 is 2.67 bits per heavy atom. The van der Waals surface area contributed by atoms with Gasteiger partial charge in [0.25, 0.3) is 11.8 Å². The van der Waals surface area contributed by atoms with Crippen molar-refractivity contribution < 1.29 is 37.0 Å². The molecule has 0 radical (unpaired) electrons. The molecule has 9 nitrogen and oxygen atoms in total. The smallest absolute Gasteiger partial charge is 0.422 e. The summed E-state index contributed by atoms with van der Waals surface area (Å²) in [5, 5.41) is 0. The van der Waals surface area contributed by atoms with Crippen LogP contribution in [0.4, 0.5) is 18.9 Å². The summed E-state index contributed by atoms with van der Waals surface area (Å²) in [5.41, 5.74) is 6.85. The Hall–Kier alpha value is -3.83. The van der Waals surface area contributed by atoms with Gasteiger partial charge in [0.05, 0.1) is 12.7 Å². The third-order valence-electron chi connectivity index (χ3n) is 5.16. The number of rotatable bonds is 7. The number of benzene rings is 1. The Morgan fingerprint density at radius 1 is 1.21 bits per heavy atom. The molecule has 2 aromatic rings. The number of hydrogen-bond donors (Lipinski definition) is 1. The highest BCUT2D eigenvalue weighted by Gasteiger charge is 2.36. The average molecular weight is 464 g/mol. The van der Waals surface area contributed by atoms with E-state index in [0.717, 1.165) is 5.56 Å². The first-order chi connectivity index (χ1) is 15.6. The lowest BCUT2D eigenvalue weighted by atomic mass is 10.1. The Balaban J connectivity index is 1.40. The van der Waals surface area contributed by atoms with Gasteiger partial charge in [0.15, 0.2) is 12.7 Å². The Bertz CT molecular complexity index is 1090. The molecule has 33 heavy (non-hydrogen) atoms. The summed E-state index contributed by atoms with van der Waals surface area (Å²) in [6.45, 7) is -1.02. The number of ether oxygens (including phenoxy) is 2. The molecule has 0 bridgehead atoms. The van der Waals surface area contributed by atoms with Gasteiger partial charge < -0.3 is 25.0 Å². The topological polar surface area (TPSA) is 115 Å². The monoisotopic (exact) mass is 464 g/mol. The molecule has 174 valence electrons. The molecule has 1 aromatic heterocycles. The van der Waals surface area contributed by atoms with E-state index in [-0.39, 0.29) is 36.5 Å². The zero-order valence-electron chi connectivity index (χ0n) is 17.2. The van der Waals surface area contributed by atoms with Crippen molar-refractivity contribution in [2.45, 2.75) is 25.2 Å². The first-order valence-electron chi connectivity index (χ1n) is 9.95. The van der Waals surface area contributed by atoms with Crippen LogP contribution in [-0.2, 0) is 16.1 Å². The minimum absolute atomic E-state index is 0.185. The molecule has 2 N–H and O–H groups in total. The number of carbonyl (C=O) groups excluding carboxylic acids is 3. The third kappa shape index (κ3) is 4.99. The lowest BCUT2D eigenvalue weighted by Crippen LogP contribution is -2.34. The molecule has 1 fully saturated rings. The van der Waals surface area contributed by atoms with E-state index in [4.69, 9.17) is 10.5 Å². The number of anilines is 1. The van der Waals surface area contributed by atoms with Gasteiger partial charge in [-0.3, -0.25) is 14.4 Å². The van der Waals surface area contributed by atoms with Gasteiger partial charge in [0, 0.05) is 36.8 Å². The highest BCUT2D eigenvalue weighted by Crippen LogP contribution is 2.30. The van der Waals surface area contributed by atoms with E-state index in [0.29, 0.717) is 24.2 Å². The highest BCUT2D eigenvalue weighted by atomic mass is 19.4. The number of alkyl halides is 3. The number of halogens is 3. The van der Waals surface area contributed by atoms with Crippen molar-refractivity contribution in [3.05, 3.63) is 47.7 Å². The maximum absolute atomic E-state index is 12.9. The van der Waals surface area contributed by atoms with Crippen LogP contribution >= 0.6 is 0 Å². The van der Waals surface area contributed by atoms with Crippen molar-refractivity contribution in [2.24, 2.45) is 5.73 Å². The predicted molar refractivity (Wildman–Crippen MR) is 108 cm³/mol. The highest BCUT2D eigenvalue weighted by molar-refractivity contribution is 6.03. The molecular weight excluding hydrogens is 445 g/mol. The number of amides is 3. The normalized spacial score (nSPS) is 18.0. The molecule has 12 heteroatoms. The Labute approximate surface area is 185 Å². The number of carbonyl (C=O) groups is 3. The molecule has 3 amide bonds. The first-order valence-corrected chi connectivity index (χ1v) is 9.95. The van der Waals surface area contributed by atoms with Crippen LogP contribution in [0.2, 0.25) is 0 Å². The third-order valence-corrected chi connectivity index (χ3v) is 5.16. The predicted octanol–water partition coefficient (Wildman–Crippen LogP) is 1.65. The van der Waals surface area contributed by atoms with Crippen LogP contribution in [0.3, 0.4) is 0 Å². The van der Waals surface area contributed by atoms with Crippen LogP contribution in [0.15, 0.2) is 36.5 Å². The molecule has 0 spiro atoms. The average Bonchev–Trinajstić information content (AvgIpc) is 3.26. The number of nitrogens with two attached hydrogens (primary N) is 1. The lowest BCUT2D eigenvalue weighted by molar-refractivity contribution is -0.154. The number of fused-ring (bicyclic) bond motifs is 1. The van der Waals surface area contributed by atoms with Crippen molar-refractivity contribution in [3.8, 4) is 11.6 Å². The minimum Gasteiger partial charge on any atom is -0.479 e. The maximum atomic E-state index is 12.9. The molecule has 0 aliphatic carbocycles. The van der Waals surface area contributed by atoms with Crippen LogP contribution in [-0.4, -0.2) is 59.6 Å². The van der Waals surface area contributed by atoms with Crippen LogP contribution in [0.25, 0.3) is 0 Å². The first kappa shape index (κ1) is 22.4. The second-order valence-electron chi connectivity index (χ2n) is 7.59. The Morgan fingerprint density at radius 2 is 2.00 bits per heavy atom. The van der Waals surface area contributed by atoms with Crippen LogP contribution in [0, 0.1) is 0 Å². The van der Waals surface area contributed by atoms with E-state index in [1.807, 2.05) is 0 Å². The summed E-state index contributed by atoms with van der Waals surface area (Å²) in [5.74, 6) is -1.27. The second kappa shape index (κ2) is 8.60. The van der Waals surface area contributed by atoms with E-state index in [1.54, 1.807) is 18.2 Å². The number of primary amides is 1. The van der Waals surface area contributed by atoms with Crippen molar-refractivity contribution >= 4 is 23.4 Å². The van der Waals surface area contributed by atoms with Gasteiger partial charge in [0.1, 0.15) is 5.75 Å². The lowest BCUT2D eigenvalue weighted by Gasteiger charge is -2.18. The fourth-order valence-corrected chi connectivity index (χ4v) is 3.69. The van der Waals surface area contributed by atoms with Gasteiger partial charge in [-0.1, -0.05) is 6.07 Å². The second-order valence-corrected chi connectivity index (χ2v) is 7.59. The molecule has 3 heterocycles. The molecule has 2 aliphatic heterocycles. The van der Waals surface area contributed by atoms with Gasteiger partial charge in [-0.15, -0.1) is 0 Å². The van der Waals surface area contributed by atoms with E-state index < -0.39 is 24.8 Å².